The van der Waals surface area contributed by atoms with E-state index in [1.54, 1.807) is 0 Å². The first kappa shape index (κ1) is 42.0. The summed E-state index contributed by atoms with van der Waals surface area (Å²) in [7, 11) is 0. The molecule has 0 amide bonds. The van der Waals surface area contributed by atoms with Crippen molar-refractivity contribution in [3.8, 4) is 0 Å². The molecule has 0 aliphatic heterocycles. The van der Waals surface area contributed by atoms with Gasteiger partial charge in [0.15, 0.2) is 0 Å². The second-order valence-electron chi connectivity index (χ2n) is 14.5. The molecule has 0 heterocycles. The van der Waals surface area contributed by atoms with Gasteiger partial charge in [0.25, 0.3) is 0 Å². The van der Waals surface area contributed by atoms with Crippen LogP contribution in [0.4, 0.5) is 0 Å². The highest BCUT2D eigenvalue weighted by Gasteiger charge is 2.09. The van der Waals surface area contributed by atoms with E-state index in [1.165, 1.54) is 244 Å². The van der Waals surface area contributed by atoms with Gasteiger partial charge in [0, 0.05) is 0 Å². The summed E-state index contributed by atoms with van der Waals surface area (Å²) in [5.41, 5.74) is 0. The zero-order chi connectivity index (χ0) is 30.4. The van der Waals surface area contributed by atoms with Gasteiger partial charge in [-0.05, 0) is 5.92 Å². The normalized spacial score (nSPS) is 12.4. The number of hydrogen-bond acceptors (Lipinski definition) is 0. The lowest BCUT2D eigenvalue weighted by atomic mass is 9.89. The van der Waals surface area contributed by atoms with Crippen LogP contribution < -0.4 is 0 Å². The van der Waals surface area contributed by atoms with Gasteiger partial charge in [-0.2, -0.15) is 0 Å². The van der Waals surface area contributed by atoms with Crippen LogP contribution >= 0.6 is 0 Å². The smallest absolute Gasteiger partial charge is 0.0414 e. The van der Waals surface area contributed by atoms with Crippen molar-refractivity contribution in [3.05, 3.63) is 0 Å². The van der Waals surface area contributed by atoms with Gasteiger partial charge in [0.05, 0.1) is 0 Å². The molecule has 1 unspecified atom stereocenters. The molecule has 0 radical (unpaired) electrons. The van der Waals surface area contributed by atoms with Gasteiger partial charge in [-0.15, -0.1) is 0 Å². The lowest BCUT2D eigenvalue weighted by Gasteiger charge is -2.17. The molecule has 0 aromatic rings. The summed E-state index contributed by atoms with van der Waals surface area (Å²) in [4.78, 5) is 0. The molecule has 0 aliphatic carbocycles. The lowest BCUT2D eigenvalue weighted by molar-refractivity contribution is 0.365. The van der Waals surface area contributed by atoms with Gasteiger partial charge in [0.1, 0.15) is 0 Å². The van der Waals surface area contributed by atoms with Gasteiger partial charge in [-0.3, -0.25) is 0 Å². The molecule has 0 N–H and O–H groups in total. The molecule has 0 spiro atoms. The van der Waals surface area contributed by atoms with Crippen LogP contribution in [0.2, 0.25) is 0 Å². The summed E-state index contributed by atoms with van der Waals surface area (Å²) in [5.74, 6) is 1.04. The summed E-state index contributed by atoms with van der Waals surface area (Å²) >= 11 is 0. The van der Waals surface area contributed by atoms with E-state index in [9.17, 15) is 0 Å². The average Bonchev–Trinajstić information content (AvgIpc) is 3.00. The Labute approximate surface area is 270 Å². The zero-order valence-electron chi connectivity index (χ0n) is 30.4. The summed E-state index contributed by atoms with van der Waals surface area (Å²) in [6, 6.07) is 0. The van der Waals surface area contributed by atoms with Crippen molar-refractivity contribution in [1.29, 1.82) is 0 Å². The van der Waals surface area contributed by atoms with Crippen LogP contribution in [0.3, 0.4) is 0 Å². The van der Waals surface area contributed by atoms with Crippen molar-refractivity contribution < 1.29 is 0 Å². The monoisotopic (exact) mass is 591 g/mol. The highest BCUT2D eigenvalue weighted by atomic mass is 14.1. The Bertz CT molecular complexity index is 439. The molecule has 0 aromatic heterocycles. The van der Waals surface area contributed by atoms with Crippen LogP contribution in [0.15, 0.2) is 0 Å². The molecule has 1 atom stereocenters. The van der Waals surface area contributed by atoms with Crippen molar-refractivity contribution in [2.24, 2.45) is 5.92 Å². The summed E-state index contributed by atoms with van der Waals surface area (Å²) in [5, 5.41) is 0. The molecule has 42 heavy (non-hydrogen) atoms. The van der Waals surface area contributed by atoms with Crippen molar-refractivity contribution in [3.63, 3.8) is 0 Å². The standard InChI is InChI=1S/C42H86/c1-4-7-10-13-16-19-22-24-26-29-32-35-38-41-42(39-36-33-30-27-21-18-15-12-9-6-3)40-37-34-31-28-25-23-20-17-14-11-8-5-2/h42H,4-41H2,1-3H3. The predicted octanol–water partition coefficient (Wildman–Crippen LogP) is 16.5. The van der Waals surface area contributed by atoms with Crippen molar-refractivity contribution >= 4 is 0 Å². The lowest BCUT2D eigenvalue weighted by Crippen LogP contribution is -2.01. The highest BCUT2D eigenvalue weighted by Crippen LogP contribution is 2.25. The third kappa shape index (κ3) is 36.2. The Balaban J connectivity index is 3.88. The third-order valence-corrected chi connectivity index (χ3v) is 10.1. The van der Waals surface area contributed by atoms with Gasteiger partial charge in [-0.25, -0.2) is 0 Å². The van der Waals surface area contributed by atoms with Crippen LogP contribution in [0.25, 0.3) is 0 Å². The van der Waals surface area contributed by atoms with E-state index in [4.69, 9.17) is 0 Å². The van der Waals surface area contributed by atoms with Crippen molar-refractivity contribution in [2.45, 2.75) is 265 Å². The fraction of sp³-hybridized carbons (Fsp3) is 1.00. The van der Waals surface area contributed by atoms with E-state index < -0.39 is 0 Å². The molecular weight excluding hydrogens is 504 g/mol. The van der Waals surface area contributed by atoms with Crippen LogP contribution in [0.1, 0.15) is 265 Å². The molecular formula is C42H86. The van der Waals surface area contributed by atoms with Crippen molar-refractivity contribution in [1.82, 2.24) is 0 Å². The van der Waals surface area contributed by atoms with Crippen LogP contribution in [0.5, 0.6) is 0 Å². The average molecular weight is 591 g/mol. The minimum atomic E-state index is 1.04. The first-order valence-corrected chi connectivity index (χ1v) is 20.8. The van der Waals surface area contributed by atoms with E-state index in [0.29, 0.717) is 0 Å². The zero-order valence-corrected chi connectivity index (χ0v) is 30.4. The van der Waals surface area contributed by atoms with Crippen molar-refractivity contribution in [2.75, 3.05) is 0 Å². The maximum absolute atomic E-state index is 2.32. The van der Waals surface area contributed by atoms with E-state index in [0.717, 1.165) is 5.92 Å². The molecule has 0 aromatic carbocycles. The molecule has 0 saturated heterocycles. The minimum Gasteiger partial charge on any atom is -0.0654 e. The van der Waals surface area contributed by atoms with E-state index >= 15 is 0 Å². The van der Waals surface area contributed by atoms with Gasteiger partial charge in [-0.1, -0.05) is 265 Å². The maximum atomic E-state index is 2.32. The summed E-state index contributed by atoms with van der Waals surface area (Å²) < 4.78 is 0. The Morgan fingerprint density at radius 2 is 0.333 bits per heavy atom. The van der Waals surface area contributed by atoms with E-state index in [2.05, 4.69) is 20.8 Å². The molecule has 0 bridgehead atoms. The molecule has 0 rings (SSSR count). The fourth-order valence-electron chi connectivity index (χ4n) is 7.08. The molecule has 0 fully saturated rings. The molecule has 0 nitrogen and oxygen atoms in total. The first-order chi connectivity index (χ1) is 20.8. The van der Waals surface area contributed by atoms with E-state index in [1.807, 2.05) is 0 Å². The minimum absolute atomic E-state index is 1.04. The SMILES string of the molecule is CCCCCCCCCCCCCCCC(CCCCCCCCCCCC)CCCCCCCCCCCCCC. The first-order valence-electron chi connectivity index (χ1n) is 20.8. The molecule has 0 aliphatic rings. The number of unbranched alkanes of at least 4 members (excludes halogenated alkanes) is 32. The van der Waals surface area contributed by atoms with Crippen LogP contribution in [0, 0.1) is 5.92 Å². The number of rotatable bonds is 38. The quantitative estimate of drug-likeness (QED) is 0.0627. The second kappa shape index (κ2) is 39.0. The Kier molecular flexibility index (Phi) is 39.0. The van der Waals surface area contributed by atoms with Gasteiger partial charge in [0.2, 0.25) is 0 Å². The van der Waals surface area contributed by atoms with Crippen LogP contribution in [-0.2, 0) is 0 Å². The number of hydrogen-bond donors (Lipinski definition) is 0. The van der Waals surface area contributed by atoms with Gasteiger partial charge < -0.3 is 0 Å². The Hall–Kier alpha value is 0. The predicted molar refractivity (Wildman–Crippen MR) is 196 cm³/mol. The summed E-state index contributed by atoms with van der Waals surface area (Å²) in [6.07, 6.45) is 56.3. The summed E-state index contributed by atoms with van der Waals surface area (Å²) in [6.45, 7) is 6.96. The van der Waals surface area contributed by atoms with Crippen LogP contribution in [-0.4, -0.2) is 0 Å². The van der Waals surface area contributed by atoms with E-state index in [-0.39, 0.29) is 0 Å². The topological polar surface area (TPSA) is 0 Å². The Morgan fingerprint density at radius 3 is 0.500 bits per heavy atom. The Morgan fingerprint density at radius 1 is 0.190 bits per heavy atom. The molecule has 0 heteroatoms. The largest absolute Gasteiger partial charge is 0.0654 e. The highest BCUT2D eigenvalue weighted by molar-refractivity contribution is 4.62. The fourth-order valence-corrected chi connectivity index (χ4v) is 7.08. The van der Waals surface area contributed by atoms with Gasteiger partial charge >= 0.3 is 0 Å². The molecule has 254 valence electrons. The maximum Gasteiger partial charge on any atom is -0.0414 e. The molecule has 0 saturated carbocycles. The second-order valence-corrected chi connectivity index (χ2v) is 14.5. The third-order valence-electron chi connectivity index (χ3n) is 10.1.